The first kappa shape index (κ1) is 15.9. The third-order valence-corrected chi connectivity index (χ3v) is 5.85. The summed E-state index contributed by atoms with van der Waals surface area (Å²) in [5, 5.41) is 0. The molecular weight excluding hydrogens is 307 g/mol. The van der Waals surface area contributed by atoms with E-state index in [0.29, 0.717) is 25.1 Å². The molecule has 0 aliphatic carbocycles. The molecule has 1 aromatic rings. The number of morpholine rings is 1. The molecule has 0 saturated carbocycles. The van der Waals surface area contributed by atoms with Gasteiger partial charge in [0.1, 0.15) is 10.7 Å². The molecule has 0 spiro atoms. The molecule has 2 aliphatic rings. The highest BCUT2D eigenvalue weighted by molar-refractivity contribution is 7.89. The van der Waals surface area contributed by atoms with Gasteiger partial charge in [-0.05, 0) is 38.0 Å². The number of halogens is 1. The van der Waals surface area contributed by atoms with Gasteiger partial charge < -0.3 is 4.74 Å². The van der Waals surface area contributed by atoms with Gasteiger partial charge in [-0.15, -0.1) is 0 Å². The normalized spacial score (nSPS) is 29.5. The number of sulfonamides is 1. The standard InChI is InChI=1S/C15H21FN2O3S/c1-10-3-4-15(14(16)5-10)22(19,20)17-12-6-13-9-21-11(2)7-18(13)8-12/h3-5,11-13,17H,6-9H2,1-2H3/t11-,12+,13+/m1/s1. The van der Waals surface area contributed by atoms with Crippen LogP contribution in [0.1, 0.15) is 18.9 Å². The van der Waals surface area contributed by atoms with Crippen LogP contribution in [0.25, 0.3) is 0 Å². The molecular formula is C15H21FN2O3S. The van der Waals surface area contributed by atoms with Crippen LogP contribution in [0, 0.1) is 12.7 Å². The molecule has 0 aromatic heterocycles. The van der Waals surface area contributed by atoms with E-state index in [-0.39, 0.29) is 23.1 Å². The molecule has 7 heteroatoms. The Morgan fingerprint density at radius 1 is 1.36 bits per heavy atom. The quantitative estimate of drug-likeness (QED) is 0.908. The molecule has 2 saturated heterocycles. The van der Waals surface area contributed by atoms with Gasteiger partial charge in [-0.1, -0.05) is 6.07 Å². The Kier molecular flexibility index (Phi) is 4.24. The van der Waals surface area contributed by atoms with Crippen LogP contribution in [0.5, 0.6) is 0 Å². The van der Waals surface area contributed by atoms with E-state index in [1.54, 1.807) is 13.0 Å². The lowest BCUT2D eigenvalue weighted by Gasteiger charge is -2.33. The maximum Gasteiger partial charge on any atom is 0.243 e. The molecule has 3 rings (SSSR count). The van der Waals surface area contributed by atoms with Crippen molar-refractivity contribution >= 4 is 10.0 Å². The van der Waals surface area contributed by atoms with E-state index in [1.807, 2.05) is 6.92 Å². The lowest BCUT2D eigenvalue weighted by molar-refractivity contribution is -0.0390. The van der Waals surface area contributed by atoms with Gasteiger partial charge in [-0.25, -0.2) is 17.5 Å². The van der Waals surface area contributed by atoms with Crippen molar-refractivity contribution in [3.05, 3.63) is 29.6 Å². The van der Waals surface area contributed by atoms with E-state index in [2.05, 4.69) is 9.62 Å². The molecule has 3 atom stereocenters. The van der Waals surface area contributed by atoms with Gasteiger partial charge in [-0.3, -0.25) is 4.90 Å². The van der Waals surface area contributed by atoms with Gasteiger partial charge in [0.2, 0.25) is 10.0 Å². The van der Waals surface area contributed by atoms with E-state index in [0.717, 1.165) is 6.54 Å². The summed E-state index contributed by atoms with van der Waals surface area (Å²) in [6.45, 7) is 5.81. The van der Waals surface area contributed by atoms with Crippen molar-refractivity contribution < 1.29 is 17.5 Å². The molecule has 5 nitrogen and oxygen atoms in total. The van der Waals surface area contributed by atoms with Gasteiger partial charge in [0.05, 0.1) is 12.7 Å². The number of ether oxygens (including phenoxy) is 1. The largest absolute Gasteiger partial charge is 0.376 e. The second-order valence-corrected chi connectivity index (χ2v) is 7.92. The van der Waals surface area contributed by atoms with Gasteiger partial charge in [0, 0.05) is 25.2 Å². The van der Waals surface area contributed by atoms with Crippen LogP contribution < -0.4 is 4.72 Å². The summed E-state index contributed by atoms with van der Waals surface area (Å²) in [5.41, 5.74) is 0.695. The van der Waals surface area contributed by atoms with E-state index < -0.39 is 15.8 Å². The second kappa shape index (κ2) is 5.88. The maximum absolute atomic E-state index is 13.9. The van der Waals surface area contributed by atoms with Crippen molar-refractivity contribution in [2.45, 2.75) is 43.4 Å². The zero-order valence-corrected chi connectivity index (χ0v) is 13.6. The summed E-state index contributed by atoms with van der Waals surface area (Å²) in [6.07, 6.45) is 0.862. The highest BCUT2D eigenvalue weighted by atomic mass is 32.2. The summed E-state index contributed by atoms with van der Waals surface area (Å²) in [5.74, 6) is -0.708. The topological polar surface area (TPSA) is 58.6 Å². The summed E-state index contributed by atoms with van der Waals surface area (Å²) in [6, 6.07) is 4.20. The molecule has 2 fully saturated rings. The van der Waals surface area contributed by atoms with Crippen LogP contribution in [0.3, 0.4) is 0 Å². The zero-order valence-electron chi connectivity index (χ0n) is 12.8. The Hall–Kier alpha value is -1.02. The average Bonchev–Trinajstić information content (AvgIpc) is 2.78. The number of hydrogen-bond acceptors (Lipinski definition) is 4. The van der Waals surface area contributed by atoms with E-state index in [1.165, 1.54) is 12.1 Å². The summed E-state index contributed by atoms with van der Waals surface area (Å²) >= 11 is 0. The molecule has 0 unspecified atom stereocenters. The summed E-state index contributed by atoms with van der Waals surface area (Å²) < 4.78 is 46.9. The zero-order chi connectivity index (χ0) is 15.9. The van der Waals surface area contributed by atoms with Gasteiger partial charge in [0.15, 0.2) is 0 Å². The van der Waals surface area contributed by atoms with Crippen LogP contribution in [-0.4, -0.2) is 51.2 Å². The Balaban J connectivity index is 1.73. The van der Waals surface area contributed by atoms with E-state index >= 15 is 0 Å². The van der Waals surface area contributed by atoms with Crippen molar-refractivity contribution in [2.24, 2.45) is 0 Å². The molecule has 1 aromatic carbocycles. The fourth-order valence-corrected chi connectivity index (χ4v) is 4.53. The Morgan fingerprint density at radius 2 is 2.14 bits per heavy atom. The molecule has 2 aliphatic heterocycles. The second-order valence-electron chi connectivity index (χ2n) is 6.24. The lowest BCUT2D eigenvalue weighted by Crippen LogP contribution is -2.45. The predicted octanol–water partition coefficient (Wildman–Crippen LogP) is 1.27. The van der Waals surface area contributed by atoms with Gasteiger partial charge in [0.25, 0.3) is 0 Å². The fourth-order valence-electron chi connectivity index (χ4n) is 3.23. The Labute approximate surface area is 130 Å². The number of fused-ring (bicyclic) bond motifs is 1. The highest BCUT2D eigenvalue weighted by Gasteiger charge is 2.38. The van der Waals surface area contributed by atoms with Crippen molar-refractivity contribution in [1.29, 1.82) is 0 Å². The molecule has 0 bridgehead atoms. The summed E-state index contributed by atoms with van der Waals surface area (Å²) in [7, 11) is -3.84. The van der Waals surface area contributed by atoms with Crippen molar-refractivity contribution in [1.82, 2.24) is 9.62 Å². The molecule has 2 heterocycles. The minimum atomic E-state index is -3.84. The number of rotatable bonds is 3. The smallest absolute Gasteiger partial charge is 0.243 e. The monoisotopic (exact) mass is 328 g/mol. The minimum absolute atomic E-state index is 0.168. The SMILES string of the molecule is Cc1ccc(S(=O)(=O)N[C@H]2C[C@H]3CO[C@H](C)CN3C2)c(F)c1. The van der Waals surface area contributed by atoms with Crippen LogP contribution in [0.15, 0.2) is 23.1 Å². The first-order chi connectivity index (χ1) is 10.3. The van der Waals surface area contributed by atoms with Gasteiger partial charge in [-0.2, -0.15) is 0 Å². The Bertz CT molecular complexity index is 665. The third-order valence-electron chi connectivity index (χ3n) is 4.29. The number of nitrogens with zero attached hydrogens (tertiary/aromatic N) is 1. The van der Waals surface area contributed by atoms with E-state index in [9.17, 15) is 12.8 Å². The van der Waals surface area contributed by atoms with Crippen LogP contribution in [0.2, 0.25) is 0 Å². The number of hydrogen-bond donors (Lipinski definition) is 1. The van der Waals surface area contributed by atoms with Crippen molar-refractivity contribution in [3.8, 4) is 0 Å². The molecule has 1 N–H and O–H groups in total. The first-order valence-electron chi connectivity index (χ1n) is 7.49. The fraction of sp³-hybridized carbons (Fsp3) is 0.600. The summed E-state index contributed by atoms with van der Waals surface area (Å²) in [4.78, 5) is 1.96. The van der Waals surface area contributed by atoms with Crippen molar-refractivity contribution in [3.63, 3.8) is 0 Å². The van der Waals surface area contributed by atoms with Crippen molar-refractivity contribution in [2.75, 3.05) is 19.7 Å². The first-order valence-corrected chi connectivity index (χ1v) is 8.97. The number of aryl methyl sites for hydroxylation is 1. The van der Waals surface area contributed by atoms with Crippen LogP contribution >= 0.6 is 0 Å². The highest BCUT2D eigenvalue weighted by Crippen LogP contribution is 2.25. The number of nitrogens with one attached hydrogen (secondary N) is 1. The molecule has 0 radical (unpaired) electrons. The maximum atomic E-state index is 13.9. The number of benzene rings is 1. The van der Waals surface area contributed by atoms with E-state index in [4.69, 9.17) is 4.74 Å². The average molecular weight is 328 g/mol. The van der Waals surface area contributed by atoms with Gasteiger partial charge >= 0.3 is 0 Å². The minimum Gasteiger partial charge on any atom is -0.376 e. The third kappa shape index (κ3) is 3.17. The van der Waals surface area contributed by atoms with Crippen LogP contribution in [-0.2, 0) is 14.8 Å². The molecule has 122 valence electrons. The Morgan fingerprint density at radius 3 is 2.86 bits per heavy atom. The lowest BCUT2D eigenvalue weighted by atomic mass is 10.2. The predicted molar refractivity (Wildman–Crippen MR) is 80.6 cm³/mol. The molecule has 0 amide bonds. The van der Waals surface area contributed by atoms with Crippen LogP contribution in [0.4, 0.5) is 4.39 Å². The molecule has 22 heavy (non-hydrogen) atoms.